The molecule has 0 spiro atoms. The van der Waals surface area contributed by atoms with Gasteiger partial charge in [0.05, 0.1) is 6.10 Å². The van der Waals surface area contributed by atoms with Crippen molar-refractivity contribution < 1.29 is 14.3 Å². The predicted octanol–water partition coefficient (Wildman–Crippen LogP) is 4.93. The van der Waals surface area contributed by atoms with E-state index in [-0.39, 0.29) is 23.8 Å². The highest BCUT2D eigenvalue weighted by Crippen LogP contribution is 2.43. The van der Waals surface area contributed by atoms with Crippen LogP contribution < -0.4 is 0 Å². The van der Waals surface area contributed by atoms with Gasteiger partial charge in [-0.25, -0.2) is 0 Å². The van der Waals surface area contributed by atoms with Crippen LogP contribution in [0.3, 0.4) is 0 Å². The summed E-state index contributed by atoms with van der Waals surface area (Å²) in [6.45, 7) is 5.77. The first-order valence-electron chi connectivity index (χ1n) is 9.62. The molecule has 0 aromatic heterocycles. The van der Waals surface area contributed by atoms with Gasteiger partial charge >= 0.3 is 5.97 Å². The van der Waals surface area contributed by atoms with Gasteiger partial charge in [0, 0.05) is 34.2 Å². The van der Waals surface area contributed by atoms with E-state index in [0.29, 0.717) is 6.42 Å². The largest absolute Gasteiger partial charge is 0.462 e. The Labute approximate surface area is 165 Å². The zero-order valence-electron chi connectivity index (χ0n) is 16.5. The lowest BCUT2D eigenvalue weighted by atomic mass is 9.72. The Balaban J connectivity index is 2.07. The fourth-order valence-corrected chi connectivity index (χ4v) is 4.25. The Morgan fingerprint density at radius 2 is 2.00 bits per heavy atom. The average molecular weight is 386 g/mol. The van der Waals surface area contributed by atoms with Gasteiger partial charge in [0.2, 0.25) is 0 Å². The Morgan fingerprint density at radius 1 is 1.30 bits per heavy atom. The molecule has 1 aliphatic carbocycles. The normalized spacial score (nSPS) is 23.6. The molecule has 0 fully saturated rings. The van der Waals surface area contributed by atoms with Gasteiger partial charge in [-0.3, -0.25) is 14.6 Å². The van der Waals surface area contributed by atoms with E-state index >= 15 is 0 Å². The molecule has 0 bridgehead atoms. The van der Waals surface area contributed by atoms with Crippen LogP contribution in [0.15, 0.2) is 45.4 Å². The zero-order valence-corrected chi connectivity index (χ0v) is 17.3. The summed E-state index contributed by atoms with van der Waals surface area (Å²) in [5, 5.41) is 0. The summed E-state index contributed by atoms with van der Waals surface area (Å²) in [6, 6.07) is 8.16. The zero-order chi connectivity index (χ0) is 19.6. The van der Waals surface area contributed by atoms with Crippen molar-refractivity contribution in [3.63, 3.8) is 0 Å². The number of hydrogen-bond donors (Lipinski definition) is 0. The molecule has 0 amide bonds. The smallest absolute Gasteiger partial charge is 0.315 e. The standard InChI is InChI=1S/C22H27NO3S/c1-5-13(2)26-22(25)19-14(3)23-17-7-6-8-18(24)21(17)20(19)15-9-11-16(27-4)12-10-15/h9-13,19-20H,5-8H2,1-4H3/t13-,19?,20-/m0/s1. The lowest BCUT2D eigenvalue weighted by Gasteiger charge is -2.35. The first kappa shape index (κ1) is 19.9. The van der Waals surface area contributed by atoms with E-state index in [0.717, 1.165) is 46.7 Å². The molecule has 0 N–H and O–H groups in total. The summed E-state index contributed by atoms with van der Waals surface area (Å²) in [5.41, 5.74) is 3.30. The van der Waals surface area contributed by atoms with E-state index in [9.17, 15) is 9.59 Å². The molecule has 1 aromatic carbocycles. The van der Waals surface area contributed by atoms with Gasteiger partial charge < -0.3 is 4.74 Å². The van der Waals surface area contributed by atoms with Crippen molar-refractivity contribution in [2.24, 2.45) is 10.9 Å². The van der Waals surface area contributed by atoms with Crippen LogP contribution >= 0.6 is 11.8 Å². The number of nitrogens with zero attached hydrogens (tertiary/aromatic N) is 1. The molecule has 4 nitrogen and oxygen atoms in total. The monoisotopic (exact) mass is 385 g/mol. The van der Waals surface area contributed by atoms with Crippen molar-refractivity contribution in [1.29, 1.82) is 0 Å². The summed E-state index contributed by atoms with van der Waals surface area (Å²) in [6.07, 6.45) is 4.79. The molecule has 0 saturated carbocycles. The second-order valence-corrected chi connectivity index (χ2v) is 8.15. The number of aliphatic imine (C=N–C) groups is 1. The summed E-state index contributed by atoms with van der Waals surface area (Å²) >= 11 is 1.67. The third kappa shape index (κ3) is 4.03. The molecular weight excluding hydrogens is 358 g/mol. The second-order valence-electron chi connectivity index (χ2n) is 7.27. The van der Waals surface area contributed by atoms with Crippen LogP contribution in [0.4, 0.5) is 0 Å². The molecule has 1 aromatic rings. The lowest BCUT2D eigenvalue weighted by Crippen LogP contribution is -2.38. The van der Waals surface area contributed by atoms with Crippen molar-refractivity contribution in [2.45, 2.75) is 63.4 Å². The third-order valence-corrected chi connectivity index (χ3v) is 6.20. The van der Waals surface area contributed by atoms with Crippen LogP contribution in [0.25, 0.3) is 0 Å². The third-order valence-electron chi connectivity index (χ3n) is 5.46. The van der Waals surface area contributed by atoms with Crippen molar-refractivity contribution in [1.82, 2.24) is 0 Å². The molecule has 1 unspecified atom stereocenters. The lowest BCUT2D eigenvalue weighted by molar-refractivity contribution is -0.151. The van der Waals surface area contributed by atoms with Crippen LogP contribution in [0.5, 0.6) is 0 Å². The summed E-state index contributed by atoms with van der Waals surface area (Å²) < 4.78 is 5.66. The van der Waals surface area contributed by atoms with Crippen LogP contribution in [0, 0.1) is 5.92 Å². The van der Waals surface area contributed by atoms with Crippen molar-refractivity contribution in [3.05, 3.63) is 41.1 Å². The van der Waals surface area contributed by atoms with E-state index in [1.54, 1.807) is 11.8 Å². The van der Waals surface area contributed by atoms with Crippen LogP contribution in [0.1, 0.15) is 57.9 Å². The summed E-state index contributed by atoms with van der Waals surface area (Å²) in [4.78, 5) is 31.7. The number of ether oxygens (including phenoxy) is 1. The number of hydrogen-bond acceptors (Lipinski definition) is 5. The van der Waals surface area contributed by atoms with Gasteiger partial charge in [-0.05, 0) is 57.1 Å². The van der Waals surface area contributed by atoms with Crippen LogP contribution in [-0.2, 0) is 14.3 Å². The molecule has 144 valence electrons. The fourth-order valence-electron chi connectivity index (χ4n) is 3.84. The summed E-state index contributed by atoms with van der Waals surface area (Å²) in [7, 11) is 0. The van der Waals surface area contributed by atoms with E-state index < -0.39 is 5.92 Å². The Morgan fingerprint density at radius 3 is 2.63 bits per heavy atom. The SMILES string of the molecule is CC[C@H](C)OC(=O)C1C(C)=NC2=C(C(=O)CCC2)[C@H]1c1ccc(SC)cc1. The first-order chi connectivity index (χ1) is 13.0. The number of benzene rings is 1. The van der Waals surface area contributed by atoms with Gasteiger partial charge in [-0.2, -0.15) is 0 Å². The molecule has 0 saturated heterocycles. The van der Waals surface area contributed by atoms with E-state index in [4.69, 9.17) is 4.74 Å². The number of esters is 1. The molecule has 1 heterocycles. The summed E-state index contributed by atoms with van der Waals surface area (Å²) in [5.74, 6) is -1.01. The maximum Gasteiger partial charge on any atom is 0.315 e. The molecule has 1 aliphatic heterocycles. The van der Waals surface area contributed by atoms with Crippen molar-refractivity contribution in [3.8, 4) is 0 Å². The molecule has 0 radical (unpaired) electrons. The maximum atomic E-state index is 13.0. The number of Topliss-reactive ketones (excluding diaryl/α,β-unsaturated/α-hetero) is 1. The topological polar surface area (TPSA) is 55.7 Å². The second kappa shape index (κ2) is 8.42. The molecule has 5 heteroatoms. The average Bonchev–Trinajstić information content (AvgIpc) is 2.67. The number of ketones is 1. The Kier molecular flexibility index (Phi) is 6.20. The van der Waals surface area contributed by atoms with E-state index in [1.165, 1.54) is 0 Å². The minimum Gasteiger partial charge on any atom is -0.462 e. The minimum absolute atomic E-state index is 0.118. The fraction of sp³-hybridized carbons (Fsp3) is 0.500. The number of allylic oxidation sites excluding steroid dienone is 2. The molecular formula is C22H27NO3S. The van der Waals surface area contributed by atoms with Gasteiger partial charge in [0.25, 0.3) is 0 Å². The number of carbonyl (C=O) groups is 2. The molecule has 27 heavy (non-hydrogen) atoms. The number of carbonyl (C=O) groups excluding carboxylic acids is 2. The number of rotatable bonds is 5. The Hall–Kier alpha value is -1.88. The van der Waals surface area contributed by atoms with Gasteiger partial charge in [0.15, 0.2) is 5.78 Å². The first-order valence-corrected chi connectivity index (χ1v) is 10.8. The minimum atomic E-state index is -0.542. The van der Waals surface area contributed by atoms with Gasteiger partial charge in [-0.1, -0.05) is 19.1 Å². The predicted molar refractivity (Wildman–Crippen MR) is 109 cm³/mol. The van der Waals surface area contributed by atoms with Gasteiger partial charge in [0.1, 0.15) is 5.92 Å². The molecule has 3 atom stereocenters. The molecule has 2 aliphatic rings. The van der Waals surface area contributed by atoms with Crippen molar-refractivity contribution in [2.75, 3.05) is 6.26 Å². The van der Waals surface area contributed by atoms with Crippen molar-refractivity contribution >= 4 is 29.2 Å². The van der Waals surface area contributed by atoms with Crippen LogP contribution in [0.2, 0.25) is 0 Å². The van der Waals surface area contributed by atoms with E-state index in [2.05, 4.69) is 4.99 Å². The van der Waals surface area contributed by atoms with E-state index in [1.807, 2.05) is 51.3 Å². The highest BCUT2D eigenvalue weighted by molar-refractivity contribution is 7.98. The number of thioether (sulfide) groups is 1. The molecule has 3 rings (SSSR count). The van der Waals surface area contributed by atoms with Gasteiger partial charge in [-0.15, -0.1) is 11.8 Å². The highest BCUT2D eigenvalue weighted by Gasteiger charge is 2.43. The highest BCUT2D eigenvalue weighted by atomic mass is 32.2. The van der Waals surface area contributed by atoms with Crippen LogP contribution in [-0.4, -0.2) is 29.8 Å². The quantitative estimate of drug-likeness (QED) is 0.533. The maximum absolute atomic E-state index is 13.0. The Bertz CT molecular complexity index is 794.